The molecule has 1 amide bonds. The number of amides is 1. The van der Waals surface area contributed by atoms with Gasteiger partial charge in [-0.25, -0.2) is 4.68 Å². The predicted octanol–water partition coefficient (Wildman–Crippen LogP) is 3.77. The lowest BCUT2D eigenvalue weighted by Crippen LogP contribution is -2.19. The van der Waals surface area contributed by atoms with Crippen LogP contribution in [0, 0.1) is 20.8 Å². The van der Waals surface area contributed by atoms with Crippen molar-refractivity contribution in [3.8, 4) is 11.6 Å². The first-order valence-electron chi connectivity index (χ1n) is 11.0. The Labute approximate surface area is 188 Å². The molecular formula is C24H30N6O2. The number of carbonyl (C=O) groups is 1. The summed E-state index contributed by atoms with van der Waals surface area (Å²) in [5.74, 6) is 2.19. The molecule has 0 bridgehead atoms. The highest BCUT2D eigenvalue weighted by atomic mass is 16.5. The van der Waals surface area contributed by atoms with Crippen LogP contribution in [0.4, 0.5) is 11.5 Å². The Balaban J connectivity index is 1.44. The largest absolute Gasteiger partial charge is 0.495 e. The van der Waals surface area contributed by atoms with Crippen LogP contribution in [0.1, 0.15) is 41.8 Å². The van der Waals surface area contributed by atoms with E-state index in [-0.39, 0.29) is 5.91 Å². The van der Waals surface area contributed by atoms with Gasteiger partial charge in [-0.05, 0) is 75.4 Å². The normalized spacial score (nSPS) is 13.4. The molecule has 1 aromatic carbocycles. The van der Waals surface area contributed by atoms with Crippen molar-refractivity contribution in [3.05, 3.63) is 52.8 Å². The van der Waals surface area contributed by atoms with E-state index in [1.54, 1.807) is 7.11 Å². The molecule has 8 nitrogen and oxygen atoms in total. The molecule has 0 aliphatic carbocycles. The second kappa shape index (κ2) is 9.38. The van der Waals surface area contributed by atoms with E-state index in [9.17, 15) is 4.79 Å². The fourth-order valence-corrected chi connectivity index (χ4v) is 4.18. The smallest absolute Gasteiger partial charge is 0.224 e. The summed E-state index contributed by atoms with van der Waals surface area (Å²) in [6, 6.07) is 9.69. The van der Waals surface area contributed by atoms with E-state index in [0.717, 1.165) is 41.4 Å². The van der Waals surface area contributed by atoms with Crippen LogP contribution in [-0.4, -0.2) is 46.1 Å². The van der Waals surface area contributed by atoms with Gasteiger partial charge in [-0.2, -0.15) is 5.10 Å². The predicted molar refractivity (Wildman–Crippen MR) is 125 cm³/mol. The van der Waals surface area contributed by atoms with Crippen molar-refractivity contribution in [3.63, 3.8) is 0 Å². The van der Waals surface area contributed by atoms with Gasteiger partial charge in [-0.3, -0.25) is 4.79 Å². The van der Waals surface area contributed by atoms with Gasteiger partial charge in [-0.15, -0.1) is 10.2 Å². The highest BCUT2D eigenvalue weighted by Gasteiger charge is 2.18. The first kappa shape index (κ1) is 21.8. The minimum atomic E-state index is -0.0600. The zero-order valence-corrected chi connectivity index (χ0v) is 19.2. The van der Waals surface area contributed by atoms with Gasteiger partial charge in [-0.1, -0.05) is 6.07 Å². The SMILES string of the molecule is COc1ccc(C)cc1NC(=O)CCc1c(C)nn(-c2ccc(N3CCCC3)nn2)c1C. The maximum atomic E-state index is 12.6. The van der Waals surface area contributed by atoms with Gasteiger partial charge in [0.25, 0.3) is 0 Å². The lowest BCUT2D eigenvalue weighted by Gasteiger charge is -2.15. The summed E-state index contributed by atoms with van der Waals surface area (Å²) in [4.78, 5) is 14.9. The number of benzene rings is 1. The summed E-state index contributed by atoms with van der Waals surface area (Å²) >= 11 is 0. The molecular weight excluding hydrogens is 404 g/mol. The van der Waals surface area contributed by atoms with E-state index in [2.05, 4.69) is 25.5 Å². The maximum absolute atomic E-state index is 12.6. The van der Waals surface area contributed by atoms with E-state index >= 15 is 0 Å². The third-order valence-electron chi connectivity index (χ3n) is 5.96. The summed E-state index contributed by atoms with van der Waals surface area (Å²) in [5, 5.41) is 16.4. The number of ether oxygens (including phenoxy) is 1. The van der Waals surface area contributed by atoms with Gasteiger partial charge in [0.15, 0.2) is 11.6 Å². The summed E-state index contributed by atoms with van der Waals surface area (Å²) < 4.78 is 7.16. The molecule has 0 spiro atoms. The molecule has 3 heterocycles. The summed E-state index contributed by atoms with van der Waals surface area (Å²) in [6.45, 7) is 8.03. The van der Waals surface area contributed by atoms with Gasteiger partial charge in [0.1, 0.15) is 5.75 Å². The Bertz CT molecular complexity index is 1100. The van der Waals surface area contributed by atoms with Crippen molar-refractivity contribution in [2.45, 2.75) is 46.5 Å². The number of nitrogens with one attached hydrogen (secondary N) is 1. The number of nitrogens with zero attached hydrogens (tertiary/aromatic N) is 5. The Hall–Kier alpha value is -3.42. The highest BCUT2D eigenvalue weighted by Crippen LogP contribution is 2.26. The van der Waals surface area contributed by atoms with E-state index in [0.29, 0.717) is 30.1 Å². The molecule has 3 aromatic rings. The van der Waals surface area contributed by atoms with Gasteiger partial charge < -0.3 is 15.0 Å². The van der Waals surface area contributed by atoms with Crippen LogP contribution in [0.3, 0.4) is 0 Å². The Morgan fingerprint density at radius 3 is 2.47 bits per heavy atom. The number of aromatic nitrogens is 4. The first-order chi connectivity index (χ1) is 15.5. The zero-order valence-electron chi connectivity index (χ0n) is 19.2. The topological polar surface area (TPSA) is 85.2 Å². The van der Waals surface area contributed by atoms with E-state index in [4.69, 9.17) is 4.74 Å². The molecule has 2 aromatic heterocycles. The molecule has 32 heavy (non-hydrogen) atoms. The van der Waals surface area contributed by atoms with E-state index in [1.165, 1.54) is 12.8 Å². The highest BCUT2D eigenvalue weighted by molar-refractivity contribution is 5.92. The lowest BCUT2D eigenvalue weighted by molar-refractivity contribution is -0.116. The lowest BCUT2D eigenvalue weighted by atomic mass is 10.1. The minimum Gasteiger partial charge on any atom is -0.495 e. The zero-order chi connectivity index (χ0) is 22.7. The molecule has 0 radical (unpaired) electrons. The first-order valence-corrected chi connectivity index (χ1v) is 11.0. The molecule has 1 N–H and O–H groups in total. The Morgan fingerprint density at radius 2 is 1.78 bits per heavy atom. The molecule has 0 atom stereocenters. The van der Waals surface area contributed by atoms with Crippen LogP contribution in [0.15, 0.2) is 30.3 Å². The minimum absolute atomic E-state index is 0.0600. The van der Waals surface area contributed by atoms with Crippen molar-refractivity contribution in [1.29, 1.82) is 0 Å². The number of aryl methyl sites for hydroxylation is 2. The quantitative estimate of drug-likeness (QED) is 0.609. The van der Waals surface area contributed by atoms with Gasteiger partial charge in [0.2, 0.25) is 5.91 Å². The van der Waals surface area contributed by atoms with Crippen LogP contribution in [-0.2, 0) is 11.2 Å². The molecule has 0 unspecified atom stereocenters. The number of hydrogen-bond acceptors (Lipinski definition) is 6. The Kier molecular flexibility index (Phi) is 6.39. The monoisotopic (exact) mass is 434 g/mol. The molecule has 0 saturated carbocycles. The van der Waals surface area contributed by atoms with Crippen LogP contribution in [0.25, 0.3) is 5.82 Å². The van der Waals surface area contributed by atoms with Crippen LogP contribution in [0.2, 0.25) is 0 Å². The summed E-state index contributed by atoms with van der Waals surface area (Å²) in [5.41, 5.74) is 4.68. The second-order valence-electron chi connectivity index (χ2n) is 8.26. The number of methoxy groups -OCH3 is 1. The van der Waals surface area contributed by atoms with Crippen molar-refractivity contribution in [1.82, 2.24) is 20.0 Å². The average Bonchev–Trinajstić information content (AvgIpc) is 3.41. The van der Waals surface area contributed by atoms with Crippen LogP contribution < -0.4 is 15.0 Å². The van der Waals surface area contributed by atoms with Crippen molar-refractivity contribution in [2.24, 2.45) is 0 Å². The molecule has 1 aliphatic rings. The number of rotatable bonds is 7. The van der Waals surface area contributed by atoms with Gasteiger partial charge in [0.05, 0.1) is 18.5 Å². The fourth-order valence-electron chi connectivity index (χ4n) is 4.18. The third kappa shape index (κ3) is 4.59. The molecule has 1 aliphatic heterocycles. The Morgan fingerprint density at radius 1 is 1.06 bits per heavy atom. The standard InChI is InChI=1S/C24H30N6O2/c1-16-7-9-21(32-4)20(15-16)25-24(31)12-8-19-17(2)28-30(18(19)3)23-11-10-22(26-27-23)29-13-5-6-14-29/h7,9-11,15H,5-6,8,12-14H2,1-4H3,(H,25,31). The van der Waals surface area contributed by atoms with Crippen LogP contribution in [0.5, 0.6) is 5.75 Å². The van der Waals surface area contributed by atoms with E-state index in [1.807, 2.05) is 55.8 Å². The average molecular weight is 435 g/mol. The van der Waals surface area contributed by atoms with Gasteiger partial charge in [0, 0.05) is 25.2 Å². The van der Waals surface area contributed by atoms with Crippen molar-refractivity contribution in [2.75, 3.05) is 30.4 Å². The molecule has 1 fully saturated rings. The second-order valence-corrected chi connectivity index (χ2v) is 8.26. The van der Waals surface area contributed by atoms with Crippen molar-refractivity contribution < 1.29 is 9.53 Å². The number of hydrogen-bond donors (Lipinski definition) is 1. The van der Waals surface area contributed by atoms with Crippen molar-refractivity contribution >= 4 is 17.4 Å². The molecule has 168 valence electrons. The van der Waals surface area contributed by atoms with Crippen LogP contribution >= 0.6 is 0 Å². The maximum Gasteiger partial charge on any atom is 0.224 e. The number of carbonyl (C=O) groups excluding carboxylic acids is 1. The van der Waals surface area contributed by atoms with E-state index < -0.39 is 0 Å². The summed E-state index contributed by atoms with van der Waals surface area (Å²) in [6.07, 6.45) is 3.35. The number of anilines is 2. The summed E-state index contributed by atoms with van der Waals surface area (Å²) in [7, 11) is 1.60. The van der Waals surface area contributed by atoms with Gasteiger partial charge >= 0.3 is 0 Å². The molecule has 4 rings (SSSR count). The third-order valence-corrected chi connectivity index (χ3v) is 5.96. The fraction of sp³-hybridized carbons (Fsp3) is 0.417. The molecule has 8 heteroatoms. The molecule has 1 saturated heterocycles.